The van der Waals surface area contributed by atoms with Crippen LogP contribution in [-0.2, 0) is 0 Å². The van der Waals surface area contributed by atoms with E-state index < -0.39 is 0 Å². The van der Waals surface area contributed by atoms with Gasteiger partial charge in [-0.3, -0.25) is 5.10 Å². The van der Waals surface area contributed by atoms with Crippen LogP contribution in [-0.4, -0.2) is 30.0 Å². The maximum atomic E-state index is 5.88. The molecule has 0 bridgehead atoms. The molecule has 0 spiro atoms. The van der Waals surface area contributed by atoms with Gasteiger partial charge in [0.05, 0.1) is 0 Å². The summed E-state index contributed by atoms with van der Waals surface area (Å²) in [4.78, 5) is 0.733. The Balaban J connectivity index is 1.67. The molecule has 6 nitrogen and oxygen atoms in total. The highest BCUT2D eigenvalue weighted by Crippen LogP contribution is 2.22. The third kappa shape index (κ3) is 2.76. The van der Waals surface area contributed by atoms with Gasteiger partial charge in [-0.2, -0.15) is 14.7 Å². The van der Waals surface area contributed by atoms with Crippen LogP contribution in [0, 0.1) is 6.92 Å². The maximum Gasteiger partial charge on any atom is 0.235 e. The molecular weight excluding hydrogens is 332 g/mol. The molecule has 1 aromatic carbocycles. The van der Waals surface area contributed by atoms with Gasteiger partial charge in [0.1, 0.15) is 10.7 Å². The molecule has 0 aliphatic rings. The Labute approximate surface area is 140 Å². The molecule has 4 rings (SSSR count). The van der Waals surface area contributed by atoms with Crippen LogP contribution in [0.3, 0.4) is 0 Å². The first-order valence-electron chi connectivity index (χ1n) is 6.87. The molecule has 0 saturated heterocycles. The monoisotopic (exact) mass is 342 g/mol. The van der Waals surface area contributed by atoms with Crippen molar-refractivity contribution in [3.05, 3.63) is 51.6 Å². The molecule has 0 atom stereocenters. The minimum Gasteiger partial charge on any atom is -0.282 e. The number of hydrogen-bond donors (Lipinski definition) is 1. The lowest BCUT2D eigenvalue weighted by Crippen LogP contribution is -1.90. The summed E-state index contributed by atoms with van der Waals surface area (Å²) >= 11 is 7.35. The normalized spacial score (nSPS) is 11.7. The van der Waals surface area contributed by atoms with Gasteiger partial charge in [-0.25, -0.2) is 0 Å². The Morgan fingerprint density at radius 2 is 2.00 bits per heavy atom. The maximum absolute atomic E-state index is 5.88. The van der Waals surface area contributed by atoms with Crippen molar-refractivity contribution in [1.29, 1.82) is 0 Å². The molecule has 114 valence electrons. The SMILES string of the molecule is Cc1cc(-c2nnc3sc(/C=C/c4ccc(Cl)cc4)nn23)n[nH]1. The molecule has 1 N–H and O–H groups in total. The number of aromatic amines is 1. The minimum atomic E-state index is 0.631. The minimum absolute atomic E-state index is 0.631. The van der Waals surface area contributed by atoms with E-state index in [2.05, 4.69) is 25.5 Å². The molecule has 8 heteroatoms. The van der Waals surface area contributed by atoms with E-state index in [1.54, 1.807) is 4.52 Å². The van der Waals surface area contributed by atoms with Gasteiger partial charge >= 0.3 is 0 Å². The summed E-state index contributed by atoms with van der Waals surface area (Å²) in [5.74, 6) is 0.631. The topological polar surface area (TPSA) is 71.8 Å². The molecular formula is C15H11ClN6S. The highest BCUT2D eigenvalue weighted by atomic mass is 35.5. The summed E-state index contributed by atoms with van der Waals surface area (Å²) in [7, 11) is 0. The van der Waals surface area contributed by atoms with Crippen molar-refractivity contribution >= 4 is 40.1 Å². The van der Waals surface area contributed by atoms with Gasteiger partial charge in [-0.05, 0) is 36.8 Å². The number of aryl methyl sites for hydroxylation is 1. The molecule has 0 radical (unpaired) electrons. The number of benzene rings is 1. The predicted molar refractivity (Wildman–Crippen MR) is 91.4 cm³/mol. The van der Waals surface area contributed by atoms with Gasteiger partial charge in [0, 0.05) is 10.7 Å². The Morgan fingerprint density at radius 3 is 2.74 bits per heavy atom. The molecule has 3 heterocycles. The zero-order valence-corrected chi connectivity index (χ0v) is 13.6. The summed E-state index contributed by atoms with van der Waals surface area (Å²) in [6.45, 7) is 1.94. The third-order valence-electron chi connectivity index (χ3n) is 3.23. The Kier molecular flexibility index (Phi) is 3.44. The Hall–Kier alpha value is -2.51. The van der Waals surface area contributed by atoms with Gasteiger partial charge in [-0.1, -0.05) is 41.1 Å². The zero-order valence-electron chi connectivity index (χ0n) is 12.1. The van der Waals surface area contributed by atoms with Crippen LogP contribution < -0.4 is 0 Å². The quantitative estimate of drug-likeness (QED) is 0.616. The lowest BCUT2D eigenvalue weighted by atomic mass is 10.2. The van der Waals surface area contributed by atoms with E-state index in [0.29, 0.717) is 5.82 Å². The van der Waals surface area contributed by atoms with Crippen LogP contribution in [0.4, 0.5) is 0 Å². The molecule has 3 aromatic heterocycles. The lowest BCUT2D eigenvalue weighted by molar-refractivity contribution is 0.943. The van der Waals surface area contributed by atoms with E-state index in [9.17, 15) is 0 Å². The van der Waals surface area contributed by atoms with E-state index in [4.69, 9.17) is 11.6 Å². The molecule has 0 fully saturated rings. The molecule has 0 amide bonds. The van der Waals surface area contributed by atoms with E-state index in [-0.39, 0.29) is 0 Å². The summed E-state index contributed by atoms with van der Waals surface area (Å²) in [5, 5.41) is 21.5. The van der Waals surface area contributed by atoms with Crippen molar-refractivity contribution in [2.75, 3.05) is 0 Å². The van der Waals surface area contributed by atoms with E-state index in [1.165, 1.54) is 11.3 Å². The summed E-state index contributed by atoms with van der Waals surface area (Å²) in [5.41, 5.74) is 2.76. The fourth-order valence-electron chi connectivity index (χ4n) is 2.13. The zero-order chi connectivity index (χ0) is 15.8. The van der Waals surface area contributed by atoms with Gasteiger partial charge in [0.2, 0.25) is 10.8 Å². The van der Waals surface area contributed by atoms with E-state index in [0.717, 1.165) is 31.9 Å². The van der Waals surface area contributed by atoms with Crippen LogP contribution in [0.1, 0.15) is 16.3 Å². The summed E-state index contributed by atoms with van der Waals surface area (Å²) in [6, 6.07) is 9.54. The van der Waals surface area contributed by atoms with Crippen molar-refractivity contribution < 1.29 is 0 Å². The van der Waals surface area contributed by atoms with E-state index >= 15 is 0 Å². The largest absolute Gasteiger partial charge is 0.282 e. The van der Waals surface area contributed by atoms with Crippen molar-refractivity contribution in [1.82, 2.24) is 30.0 Å². The number of fused-ring (bicyclic) bond motifs is 1. The number of nitrogens with zero attached hydrogens (tertiary/aromatic N) is 5. The first-order valence-corrected chi connectivity index (χ1v) is 8.07. The number of rotatable bonds is 3. The molecule has 0 aliphatic carbocycles. The lowest BCUT2D eigenvalue weighted by Gasteiger charge is -1.92. The average Bonchev–Trinajstić information content (AvgIpc) is 3.22. The fraction of sp³-hybridized carbons (Fsp3) is 0.0667. The fourth-order valence-corrected chi connectivity index (χ4v) is 3.00. The summed E-state index contributed by atoms with van der Waals surface area (Å²) in [6.07, 6.45) is 3.93. The number of hydrogen-bond acceptors (Lipinski definition) is 5. The smallest absolute Gasteiger partial charge is 0.235 e. The van der Waals surface area contributed by atoms with Gasteiger partial charge in [-0.15, -0.1) is 10.2 Å². The number of aromatic nitrogens is 6. The predicted octanol–water partition coefficient (Wildman–Crippen LogP) is 3.71. The molecule has 0 saturated carbocycles. The van der Waals surface area contributed by atoms with Gasteiger partial charge < -0.3 is 0 Å². The van der Waals surface area contributed by atoms with Crippen molar-refractivity contribution in [3.63, 3.8) is 0 Å². The van der Waals surface area contributed by atoms with Crippen molar-refractivity contribution in [3.8, 4) is 11.5 Å². The second kappa shape index (κ2) is 5.60. The standard InChI is InChI=1S/C15H11ClN6S/c1-9-8-12(18-17-9)14-19-20-15-22(14)21-13(23-15)7-4-10-2-5-11(16)6-3-10/h2-8H,1H3,(H,17,18)/b7-4+. The number of halogens is 1. The second-order valence-electron chi connectivity index (χ2n) is 4.98. The van der Waals surface area contributed by atoms with Gasteiger partial charge in [0.15, 0.2) is 0 Å². The Morgan fingerprint density at radius 1 is 1.17 bits per heavy atom. The second-order valence-corrected chi connectivity index (χ2v) is 6.40. The third-order valence-corrected chi connectivity index (χ3v) is 4.35. The number of H-pyrrole nitrogens is 1. The highest BCUT2D eigenvalue weighted by molar-refractivity contribution is 7.17. The van der Waals surface area contributed by atoms with Crippen LogP contribution >= 0.6 is 22.9 Å². The van der Waals surface area contributed by atoms with Crippen LogP contribution in [0.5, 0.6) is 0 Å². The van der Waals surface area contributed by atoms with Gasteiger partial charge in [0.25, 0.3) is 0 Å². The van der Waals surface area contributed by atoms with E-state index in [1.807, 2.05) is 49.4 Å². The van der Waals surface area contributed by atoms with Crippen molar-refractivity contribution in [2.24, 2.45) is 0 Å². The van der Waals surface area contributed by atoms with Crippen LogP contribution in [0.25, 0.3) is 28.6 Å². The molecule has 4 aromatic rings. The Bertz CT molecular complexity index is 995. The first-order chi connectivity index (χ1) is 11.2. The number of nitrogens with one attached hydrogen (secondary N) is 1. The highest BCUT2D eigenvalue weighted by Gasteiger charge is 2.14. The molecule has 0 aliphatic heterocycles. The van der Waals surface area contributed by atoms with Crippen molar-refractivity contribution in [2.45, 2.75) is 6.92 Å². The average molecular weight is 343 g/mol. The van der Waals surface area contributed by atoms with Crippen LogP contribution in [0.2, 0.25) is 5.02 Å². The van der Waals surface area contributed by atoms with Crippen LogP contribution in [0.15, 0.2) is 30.3 Å². The molecule has 0 unspecified atom stereocenters. The first kappa shape index (κ1) is 14.1. The summed E-state index contributed by atoms with van der Waals surface area (Å²) < 4.78 is 1.71. The molecule has 23 heavy (non-hydrogen) atoms.